The molecule has 29 heavy (non-hydrogen) atoms. The molecule has 0 bridgehead atoms. The van der Waals surface area contributed by atoms with Gasteiger partial charge in [-0.15, -0.1) is 0 Å². The van der Waals surface area contributed by atoms with Gasteiger partial charge in [-0.3, -0.25) is 19.8 Å². The number of non-ortho nitro benzene ring substituents is 1. The summed E-state index contributed by atoms with van der Waals surface area (Å²) in [6, 6.07) is 11.1. The van der Waals surface area contributed by atoms with Crippen LogP contribution in [0, 0.1) is 24.0 Å². The number of rotatable bonds is 7. The van der Waals surface area contributed by atoms with E-state index < -0.39 is 16.5 Å². The van der Waals surface area contributed by atoms with Gasteiger partial charge in [-0.1, -0.05) is 6.07 Å². The van der Waals surface area contributed by atoms with Gasteiger partial charge in [0.05, 0.1) is 11.5 Å². The number of nitrogens with one attached hydrogen (secondary N) is 1. The highest BCUT2D eigenvalue weighted by molar-refractivity contribution is 6.07. The smallest absolute Gasteiger partial charge is 0.325 e. The Kier molecular flexibility index (Phi) is 5.54. The van der Waals surface area contributed by atoms with Gasteiger partial charge in [0, 0.05) is 18.7 Å². The van der Waals surface area contributed by atoms with E-state index in [4.69, 9.17) is 4.74 Å². The molecule has 2 aromatic carbocycles. The molecular formula is C21H23N3O5. The van der Waals surface area contributed by atoms with Crippen LogP contribution in [0.1, 0.15) is 30.0 Å². The van der Waals surface area contributed by atoms with Crippen LogP contribution < -0.4 is 10.1 Å². The number of nitro benzene ring substituents is 1. The number of carbonyl (C=O) groups is 2. The van der Waals surface area contributed by atoms with Gasteiger partial charge >= 0.3 is 6.03 Å². The van der Waals surface area contributed by atoms with Crippen LogP contribution in [-0.4, -0.2) is 34.9 Å². The molecule has 1 saturated heterocycles. The van der Waals surface area contributed by atoms with Crippen LogP contribution in [-0.2, 0) is 10.3 Å². The van der Waals surface area contributed by atoms with Crippen LogP contribution in [0.5, 0.6) is 5.75 Å². The highest BCUT2D eigenvalue weighted by Crippen LogP contribution is 2.30. The molecule has 3 rings (SSSR count). The Bertz CT molecular complexity index is 937. The molecule has 0 spiro atoms. The average Bonchev–Trinajstić information content (AvgIpc) is 2.88. The van der Waals surface area contributed by atoms with Gasteiger partial charge in [-0.2, -0.15) is 0 Å². The molecule has 1 N–H and O–H groups in total. The fraction of sp³-hybridized carbons (Fsp3) is 0.333. The number of imide groups is 1. The van der Waals surface area contributed by atoms with Gasteiger partial charge in [-0.25, -0.2) is 4.79 Å². The summed E-state index contributed by atoms with van der Waals surface area (Å²) in [6.07, 6.45) is 0.489. The summed E-state index contributed by atoms with van der Waals surface area (Å²) in [6.45, 7) is 6.17. The molecule has 3 amide bonds. The van der Waals surface area contributed by atoms with Crippen molar-refractivity contribution in [3.63, 3.8) is 0 Å². The second-order valence-corrected chi connectivity index (χ2v) is 7.34. The molecule has 1 atom stereocenters. The topological polar surface area (TPSA) is 102 Å². The second kappa shape index (κ2) is 7.90. The van der Waals surface area contributed by atoms with Crippen molar-refractivity contribution >= 4 is 17.6 Å². The quantitative estimate of drug-likeness (QED) is 0.334. The Balaban J connectivity index is 1.61. The predicted molar refractivity (Wildman–Crippen MR) is 107 cm³/mol. The third-order valence-electron chi connectivity index (χ3n) is 4.92. The number of carbonyl (C=O) groups excluding carboxylic acids is 2. The maximum atomic E-state index is 12.9. The third kappa shape index (κ3) is 4.21. The molecule has 8 heteroatoms. The Labute approximate surface area is 168 Å². The monoisotopic (exact) mass is 397 g/mol. The van der Waals surface area contributed by atoms with Crippen LogP contribution in [0.15, 0.2) is 42.5 Å². The minimum Gasteiger partial charge on any atom is -0.494 e. The van der Waals surface area contributed by atoms with Crippen molar-refractivity contribution in [1.82, 2.24) is 10.2 Å². The lowest BCUT2D eigenvalue weighted by Gasteiger charge is -2.22. The zero-order valence-corrected chi connectivity index (χ0v) is 16.6. The van der Waals surface area contributed by atoms with Gasteiger partial charge in [0.2, 0.25) is 0 Å². The number of nitrogens with zero attached hydrogens (tertiary/aromatic N) is 2. The average molecular weight is 397 g/mol. The summed E-state index contributed by atoms with van der Waals surface area (Å²) >= 11 is 0. The Hall–Kier alpha value is -3.42. The van der Waals surface area contributed by atoms with Crippen molar-refractivity contribution in [1.29, 1.82) is 0 Å². The van der Waals surface area contributed by atoms with E-state index in [2.05, 4.69) is 11.4 Å². The summed E-state index contributed by atoms with van der Waals surface area (Å²) in [7, 11) is 0. The van der Waals surface area contributed by atoms with E-state index in [9.17, 15) is 19.7 Å². The maximum Gasteiger partial charge on any atom is 0.325 e. The van der Waals surface area contributed by atoms with Crippen molar-refractivity contribution in [2.24, 2.45) is 0 Å². The molecule has 1 aliphatic rings. The number of urea groups is 1. The van der Waals surface area contributed by atoms with Crippen LogP contribution >= 0.6 is 0 Å². The number of aryl methyl sites for hydroxylation is 2. The van der Waals surface area contributed by atoms with E-state index in [1.54, 1.807) is 6.92 Å². The standard InChI is InChI=1S/C21H23N3O5/c1-14-11-15(2)13-18(12-14)29-10-4-9-23-19(25)21(3,22-20(23)26)16-5-7-17(8-6-16)24(27)28/h5-8,11-13H,4,9-10H2,1-3H3,(H,22,26). The Morgan fingerprint density at radius 2 is 1.72 bits per heavy atom. The molecule has 1 heterocycles. The largest absolute Gasteiger partial charge is 0.494 e. The van der Waals surface area contributed by atoms with Gasteiger partial charge < -0.3 is 10.1 Å². The molecule has 1 aliphatic heterocycles. The summed E-state index contributed by atoms with van der Waals surface area (Å²) in [5.74, 6) is 0.373. The molecule has 0 radical (unpaired) electrons. The minimum absolute atomic E-state index is 0.0745. The predicted octanol–water partition coefficient (Wildman–Crippen LogP) is 3.45. The molecule has 1 unspecified atom stereocenters. The number of ether oxygens (including phenoxy) is 1. The number of amides is 3. The second-order valence-electron chi connectivity index (χ2n) is 7.34. The number of hydrogen-bond donors (Lipinski definition) is 1. The molecule has 0 saturated carbocycles. The Morgan fingerprint density at radius 3 is 2.31 bits per heavy atom. The Morgan fingerprint density at radius 1 is 1.10 bits per heavy atom. The first-order valence-corrected chi connectivity index (χ1v) is 9.31. The molecule has 0 aromatic heterocycles. The lowest BCUT2D eigenvalue weighted by atomic mass is 9.92. The van der Waals surface area contributed by atoms with Crippen molar-refractivity contribution < 1.29 is 19.2 Å². The highest BCUT2D eigenvalue weighted by atomic mass is 16.6. The number of nitro groups is 1. The molecule has 2 aromatic rings. The van der Waals surface area contributed by atoms with E-state index in [0.717, 1.165) is 21.8 Å². The fourth-order valence-corrected chi connectivity index (χ4v) is 3.44. The number of hydrogen-bond acceptors (Lipinski definition) is 5. The first-order valence-electron chi connectivity index (χ1n) is 9.31. The van der Waals surface area contributed by atoms with Crippen molar-refractivity contribution in [3.8, 4) is 5.75 Å². The summed E-state index contributed by atoms with van der Waals surface area (Å²) < 4.78 is 5.74. The van der Waals surface area contributed by atoms with Crippen molar-refractivity contribution in [2.75, 3.05) is 13.2 Å². The summed E-state index contributed by atoms with van der Waals surface area (Å²) in [5, 5.41) is 13.5. The fourth-order valence-electron chi connectivity index (χ4n) is 3.44. The molecule has 1 fully saturated rings. The maximum absolute atomic E-state index is 12.9. The normalized spacial score (nSPS) is 18.7. The summed E-state index contributed by atoms with van der Waals surface area (Å²) in [4.78, 5) is 36.7. The summed E-state index contributed by atoms with van der Waals surface area (Å²) in [5.41, 5.74) is 1.38. The van der Waals surface area contributed by atoms with Crippen LogP contribution in [0.2, 0.25) is 0 Å². The third-order valence-corrected chi connectivity index (χ3v) is 4.92. The van der Waals surface area contributed by atoms with E-state index in [1.165, 1.54) is 24.3 Å². The van der Waals surface area contributed by atoms with Crippen molar-refractivity contribution in [2.45, 2.75) is 32.7 Å². The van der Waals surface area contributed by atoms with E-state index >= 15 is 0 Å². The van der Waals surface area contributed by atoms with Gasteiger partial charge in [0.1, 0.15) is 11.3 Å². The van der Waals surface area contributed by atoms with Gasteiger partial charge in [-0.05, 0) is 68.1 Å². The van der Waals surface area contributed by atoms with Crippen LogP contribution in [0.25, 0.3) is 0 Å². The number of benzene rings is 2. The first kappa shape index (κ1) is 20.3. The molecule has 8 nitrogen and oxygen atoms in total. The lowest BCUT2D eigenvalue weighted by molar-refractivity contribution is -0.384. The molecule has 152 valence electrons. The van der Waals surface area contributed by atoms with Crippen LogP contribution in [0.3, 0.4) is 0 Å². The molecule has 0 aliphatic carbocycles. The van der Waals surface area contributed by atoms with E-state index in [-0.39, 0.29) is 18.1 Å². The first-order chi connectivity index (χ1) is 13.7. The van der Waals surface area contributed by atoms with E-state index in [0.29, 0.717) is 18.6 Å². The van der Waals surface area contributed by atoms with Crippen LogP contribution in [0.4, 0.5) is 10.5 Å². The SMILES string of the molecule is Cc1cc(C)cc(OCCCN2C(=O)NC(C)(c3ccc([N+](=O)[O-])cc3)C2=O)c1. The zero-order chi connectivity index (χ0) is 21.2. The van der Waals surface area contributed by atoms with Crippen molar-refractivity contribution in [3.05, 3.63) is 69.3 Å². The zero-order valence-electron chi connectivity index (χ0n) is 16.6. The molecular weight excluding hydrogens is 374 g/mol. The van der Waals surface area contributed by atoms with Gasteiger partial charge in [0.25, 0.3) is 11.6 Å². The van der Waals surface area contributed by atoms with E-state index in [1.807, 2.05) is 26.0 Å². The van der Waals surface area contributed by atoms with Gasteiger partial charge in [0.15, 0.2) is 0 Å². The highest BCUT2D eigenvalue weighted by Gasteiger charge is 2.48. The minimum atomic E-state index is -1.25. The lowest BCUT2D eigenvalue weighted by Crippen LogP contribution is -2.41.